The molecule has 3 aromatic rings. The third-order valence-electron chi connectivity index (χ3n) is 2.97. The summed E-state index contributed by atoms with van der Waals surface area (Å²) >= 11 is 1.76. The Morgan fingerprint density at radius 2 is 2.00 bits per heavy atom. The normalized spacial score (nSPS) is 10.8. The third kappa shape index (κ3) is 2.76. The predicted octanol–water partition coefficient (Wildman–Crippen LogP) is 4.23. The molecule has 0 fully saturated rings. The first kappa shape index (κ1) is 12.2. The molecule has 0 aliphatic heterocycles. The molecule has 0 N–H and O–H groups in total. The average Bonchev–Trinajstić information content (AvgIpc) is 2.46. The highest BCUT2D eigenvalue weighted by Gasteiger charge is 2.04. The quantitative estimate of drug-likeness (QED) is 0.663. The molecule has 0 bridgehead atoms. The molecule has 3 rings (SSSR count). The molecular weight excluding hydrogens is 252 g/mol. The van der Waals surface area contributed by atoms with Crippen molar-refractivity contribution in [2.45, 2.75) is 17.7 Å². The second-order valence-electron chi connectivity index (χ2n) is 4.45. The summed E-state index contributed by atoms with van der Waals surface area (Å²) in [6.45, 7) is 2.12. The topological polar surface area (TPSA) is 25.8 Å². The number of fused-ring (bicyclic) bond motifs is 1. The van der Waals surface area contributed by atoms with Crippen LogP contribution < -0.4 is 0 Å². The summed E-state index contributed by atoms with van der Waals surface area (Å²) in [6, 6.07) is 14.5. The van der Waals surface area contributed by atoms with E-state index in [1.807, 2.05) is 24.4 Å². The summed E-state index contributed by atoms with van der Waals surface area (Å²) in [6.07, 6.45) is 3.71. The van der Waals surface area contributed by atoms with Gasteiger partial charge >= 0.3 is 0 Å². The van der Waals surface area contributed by atoms with Crippen molar-refractivity contribution in [3.05, 3.63) is 66.0 Å². The average molecular weight is 266 g/mol. The predicted molar refractivity (Wildman–Crippen MR) is 80.3 cm³/mol. The fourth-order valence-electron chi connectivity index (χ4n) is 1.99. The van der Waals surface area contributed by atoms with Crippen molar-refractivity contribution in [2.24, 2.45) is 0 Å². The van der Waals surface area contributed by atoms with Crippen molar-refractivity contribution < 1.29 is 0 Å². The van der Waals surface area contributed by atoms with Crippen molar-refractivity contribution in [3.63, 3.8) is 0 Å². The second-order valence-corrected chi connectivity index (χ2v) is 5.42. The smallest absolute Gasteiger partial charge is 0.1000 e. The van der Waals surface area contributed by atoms with Crippen LogP contribution in [-0.4, -0.2) is 9.97 Å². The molecule has 0 saturated carbocycles. The summed E-state index contributed by atoms with van der Waals surface area (Å²) < 4.78 is 0. The first-order chi connectivity index (χ1) is 9.33. The highest BCUT2D eigenvalue weighted by molar-refractivity contribution is 7.98. The SMILES string of the molecule is Cc1cc2ccccc2nc1SCc1cccnc1. The van der Waals surface area contributed by atoms with Crippen LogP contribution in [0, 0.1) is 6.92 Å². The molecule has 0 unspecified atom stereocenters. The zero-order valence-electron chi connectivity index (χ0n) is 10.7. The van der Waals surface area contributed by atoms with Crippen LogP contribution in [0.25, 0.3) is 10.9 Å². The molecule has 19 heavy (non-hydrogen) atoms. The minimum absolute atomic E-state index is 0.903. The number of para-hydroxylation sites is 1. The van der Waals surface area contributed by atoms with Crippen LogP contribution in [-0.2, 0) is 5.75 Å². The van der Waals surface area contributed by atoms with E-state index in [1.54, 1.807) is 18.0 Å². The van der Waals surface area contributed by atoms with Gasteiger partial charge in [0.1, 0.15) is 0 Å². The van der Waals surface area contributed by atoms with Crippen molar-refractivity contribution >= 4 is 22.7 Å². The molecule has 94 valence electrons. The van der Waals surface area contributed by atoms with Gasteiger partial charge in [-0.25, -0.2) is 4.98 Å². The highest BCUT2D eigenvalue weighted by atomic mass is 32.2. The molecule has 0 saturated heterocycles. The molecule has 2 heterocycles. The number of benzene rings is 1. The Morgan fingerprint density at radius 1 is 1.11 bits per heavy atom. The number of rotatable bonds is 3. The maximum atomic E-state index is 4.73. The fraction of sp³-hybridized carbons (Fsp3) is 0.125. The molecule has 0 spiro atoms. The van der Waals surface area contributed by atoms with Crippen LogP contribution in [0.5, 0.6) is 0 Å². The van der Waals surface area contributed by atoms with Gasteiger partial charge in [-0.1, -0.05) is 24.3 Å². The van der Waals surface area contributed by atoms with Gasteiger partial charge in [0, 0.05) is 23.5 Å². The number of hydrogen-bond acceptors (Lipinski definition) is 3. The van der Waals surface area contributed by atoms with E-state index in [1.165, 1.54) is 16.5 Å². The van der Waals surface area contributed by atoms with Gasteiger partial charge in [-0.15, -0.1) is 11.8 Å². The van der Waals surface area contributed by atoms with Crippen LogP contribution in [0.2, 0.25) is 0 Å². The number of aryl methyl sites for hydroxylation is 1. The van der Waals surface area contributed by atoms with Crippen LogP contribution >= 0.6 is 11.8 Å². The molecule has 0 amide bonds. The van der Waals surface area contributed by atoms with Gasteiger partial charge in [-0.3, -0.25) is 4.98 Å². The van der Waals surface area contributed by atoms with E-state index in [2.05, 4.69) is 36.2 Å². The number of pyridine rings is 2. The zero-order valence-corrected chi connectivity index (χ0v) is 11.5. The second kappa shape index (κ2) is 5.41. The molecule has 2 nitrogen and oxygen atoms in total. The van der Waals surface area contributed by atoms with Gasteiger partial charge in [0.15, 0.2) is 0 Å². The maximum Gasteiger partial charge on any atom is 0.1000 e. The van der Waals surface area contributed by atoms with E-state index >= 15 is 0 Å². The van der Waals surface area contributed by atoms with Gasteiger partial charge < -0.3 is 0 Å². The lowest BCUT2D eigenvalue weighted by Crippen LogP contribution is -1.89. The first-order valence-corrected chi connectivity index (χ1v) is 7.19. The summed E-state index contributed by atoms with van der Waals surface area (Å²) in [4.78, 5) is 8.87. The number of aromatic nitrogens is 2. The van der Waals surface area contributed by atoms with E-state index in [-0.39, 0.29) is 0 Å². The highest BCUT2D eigenvalue weighted by Crippen LogP contribution is 2.26. The Hall–Kier alpha value is -1.87. The lowest BCUT2D eigenvalue weighted by atomic mass is 10.2. The Bertz CT molecular complexity index is 695. The molecule has 0 aliphatic rings. The van der Waals surface area contributed by atoms with Gasteiger partial charge in [-0.05, 0) is 36.2 Å². The Morgan fingerprint density at radius 3 is 2.84 bits per heavy atom. The molecule has 1 aromatic carbocycles. The largest absolute Gasteiger partial charge is 0.264 e. The van der Waals surface area contributed by atoms with Crippen LogP contribution in [0.4, 0.5) is 0 Å². The molecule has 0 radical (unpaired) electrons. The zero-order chi connectivity index (χ0) is 13.1. The maximum absolute atomic E-state index is 4.73. The van der Waals surface area contributed by atoms with E-state index in [4.69, 9.17) is 4.98 Å². The van der Waals surface area contributed by atoms with Gasteiger partial charge in [-0.2, -0.15) is 0 Å². The van der Waals surface area contributed by atoms with Crippen molar-refractivity contribution in [1.82, 2.24) is 9.97 Å². The standard InChI is InChI=1S/C16H14N2S/c1-12-9-14-6-2-3-7-15(14)18-16(12)19-11-13-5-4-8-17-10-13/h2-10H,11H2,1H3. The van der Waals surface area contributed by atoms with Gasteiger partial charge in [0.25, 0.3) is 0 Å². The molecular formula is C16H14N2S. The van der Waals surface area contributed by atoms with Crippen molar-refractivity contribution in [3.8, 4) is 0 Å². The Balaban J connectivity index is 1.86. The molecule has 3 heteroatoms. The lowest BCUT2D eigenvalue weighted by molar-refractivity contribution is 1.12. The van der Waals surface area contributed by atoms with Gasteiger partial charge in [0.05, 0.1) is 10.5 Å². The molecule has 2 aromatic heterocycles. The molecule has 0 aliphatic carbocycles. The fourth-order valence-corrected chi connectivity index (χ4v) is 2.91. The number of nitrogens with zero attached hydrogens (tertiary/aromatic N) is 2. The van der Waals surface area contributed by atoms with Crippen LogP contribution in [0.3, 0.4) is 0 Å². The summed E-state index contributed by atoms with van der Waals surface area (Å²) in [5.41, 5.74) is 3.51. The molecule has 0 atom stereocenters. The minimum Gasteiger partial charge on any atom is -0.264 e. The Kier molecular flexibility index (Phi) is 3.47. The van der Waals surface area contributed by atoms with E-state index in [0.29, 0.717) is 0 Å². The lowest BCUT2D eigenvalue weighted by Gasteiger charge is -2.06. The summed E-state index contributed by atoms with van der Waals surface area (Å²) in [7, 11) is 0. The van der Waals surface area contributed by atoms with E-state index in [0.717, 1.165) is 16.3 Å². The summed E-state index contributed by atoms with van der Waals surface area (Å²) in [5.74, 6) is 0.903. The first-order valence-electron chi connectivity index (χ1n) is 6.21. The van der Waals surface area contributed by atoms with Crippen LogP contribution in [0.15, 0.2) is 59.9 Å². The van der Waals surface area contributed by atoms with Crippen molar-refractivity contribution in [2.75, 3.05) is 0 Å². The van der Waals surface area contributed by atoms with Gasteiger partial charge in [0.2, 0.25) is 0 Å². The minimum atomic E-state index is 0.903. The Labute approximate surface area is 116 Å². The number of thioether (sulfide) groups is 1. The van der Waals surface area contributed by atoms with E-state index in [9.17, 15) is 0 Å². The van der Waals surface area contributed by atoms with Crippen molar-refractivity contribution in [1.29, 1.82) is 0 Å². The van der Waals surface area contributed by atoms with E-state index < -0.39 is 0 Å². The summed E-state index contributed by atoms with van der Waals surface area (Å²) in [5, 5.41) is 2.30. The number of hydrogen-bond donors (Lipinski definition) is 0. The monoisotopic (exact) mass is 266 g/mol. The van der Waals surface area contributed by atoms with Crippen LogP contribution in [0.1, 0.15) is 11.1 Å². The third-order valence-corrected chi connectivity index (χ3v) is 4.13.